The van der Waals surface area contributed by atoms with Crippen LogP contribution in [-0.2, 0) is 10.0 Å². The van der Waals surface area contributed by atoms with Gasteiger partial charge in [0.1, 0.15) is 0 Å². The molecule has 0 spiro atoms. The summed E-state index contributed by atoms with van der Waals surface area (Å²) in [6, 6.07) is 0. The van der Waals surface area contributed by atoms with Crippen LogP contribution in [0, 0.1) is 5.92 Å². The van der Waals surface area contributed by atoms with Crippen molar-refractivity contribution in [2.75, 3.05) is 11.9 Å². The average Bonchev–Trinajstić information content (AvgIpc) is 2.51. The molecule has 0 fully saturated rings. The summed E-state index contributed by atoms with van der Waals surface area (Å²) in [6.45, 7) is 5.04. The topological polar surface area (TPSA) is 85.1 Å². The predicted molar refractivity (Wildman–Crippen MR) is 61.4 cm³/mol. The fourth-order valence-corrected chi connectivity index (χ4v) is 2.42. The van der Waals surface area contributed by atoms with Crippen molar-refractivity contribution in [3.8, 4) is 0 Å². The fourth-order valence-electron chi connectivity index (χ4n) is 0.940. The first kappa shape index (κ1) is 12.4. The van der Waals surface area contributed by atoms with Gasteiger partial charge in [0.25, 0.3) is 0 Å². The standard InChI is InChI=1S/C8H15N3O2S2/c1-6(2)3-4-10-8-11-5-7(14-8)15(9,12)13/h5-6H,3-4H2,1-2H3,(H,10,11)(H2,9,12,13). The number of hydrogen-bond acceptors (Lipinski definition) is 5. The maximum Gasteiger partial charge on any atom is 0.249 e. The number of sulfonamides is 1. The number of nitrogens with zero attached hydrogens (tertiary/aromatic N) is 1. The van der Waals surface area contributed by atoms with Crippen LogP contribution < -0.4 is 10.5 Å². The van der Waals surface area contributed by atoms with E-state index in [1.54, 1.807) is 0 Å². The zero-order valence-electron chi connectivity index (χ0n) is 8.73. The minimum Gasteiger partial charge on any atom is -0.361 e. The number of nitrogens with two attached hydrogens (primary N) is 1. The number of anilines is 1. The summed E-state index contributed by atoms with van der Waals surface area (Å²) in [6.07, 6.45) is 2.29. The summed E-state index contributed by atoms with van der Waals surface area (Å²) in [4.78, 5) is 3.93. The lowest BCUT2D eigenvalue weighted by Gasteiger charge is -2.04. The summed E-state index contributed by atoms with van der Waals surface area (Å²) < 4.78 is 22.0. The number of nitrogens with one attached hydrogen (secondary N) is 1. The smallest absolute Gasteiger partial charge is 0.249 e. The van der Waals surface area contributed by atoms with Crippen LogP contribution in [0.1, 0.15) is 20.3 Å². The van der Waals surface area contributed by atoms with Crippen molar-refractivity contribution in [2.45, 2.75) is 24.5 Å². The van der Waals surface area contributed by atoms with Gasteiger partial charge in [-0.05, 0) is 12.3 Å². The molecule has 0 unspecified atom stereocenters. The molecule has 0 bridgehead atoms. The molecule has 3 N–H and O–H groups in total. The SMILES string of the molecule is CC(C)CCNc1ncc(S(N)(=O)=O)s1. The summed E-state index contributed by atoms with van der Waals surface area (Å²) in [5.74, 6) is 0.607. The van der Waals surface area contributed by atoms with Crippen molar-refractivity contribution in [3.63, 3.8) is 0 Å². The second-order valence-corrected chi connectivity index (χ2v) is 6.46. The fraction of sp³-hybridized carbons (Fsp3) is 0.625. The first-order valence-electron chi connectivity index (χ1n) is 4.62. The van der Waals surface area contributed by atoms with Gasteiger partial charge in [0, 0.05) is 6.54 Å². The average molecular weight is 249 g/mol. The number of thiazole rings is 1. The molecular formula is C8H15N3O2S2. The molecule has 0 saturated carbocycles. The third kappa shape index (κ3) is 4.15. The Labute approximate surface area is 93.8 Å². The highest BCUT2D eigenvalue weighted by molar-refractivity contribution is 7.91. The third-order valence-corrected chi connectivity index (χ3v) is 4.13. The first-order valence-corrected chi connectivity index (χ1v) is 6.98. The molecule has 0 aliphatic rings. The molecule has 86 valence electrons. The maximum absolute atomic E-state index is 10.9. The van der Waals surface area contributed by atoms with E-state index in [0.29, 0.717) is 11.0 Å². The Kier molecular flexibility index (Phi) is 4.06. The van der Waals surface area contributed by atoms with Crippen LogP contribution in [0.4, 0.5) is 5.13 Å². The van der Waals surface area contributed by atoms with E-state index in [1.807, 2.05) is 0 Å². The van der Waals surface area contributed by atoms with Gasteiger partial charge >= 0.3 is 0 Å². The molecule has 0 radical (unpaired) electrons. The highest BCUT2D eigenvalue weighted by atomic mass is 32.2. The van der Waals surface area contributed by atoms with Gasteiger partial charge in [-0.25, -0.2) is 18.5 Å². The Morgan fingerprint density at radius 3 is 2.73 bits per heavy atom. The highest BCUT2D eigenvalue weighted by Crippen LogP contribution is 2.21. The molecule has 0 amide bonds. The third-order valence-electron chi connectivity index (χ3n) is 1.76. The monoisotopic (exact) mass is 249 g/mol. The quantitative estimate of drug-likeness (QED) is 0.822. The molecule has 0 aromatic carbocycles. The molecule has 15 heavy (non-hydrogen) atoms. The van der Waals surface area contributed by atoms with Crippen molar-refractivity contribution in [1.29, 1.82) is 0 Å². The highest BCUT2D eigenvalue weighted by Gasteiger charge is 2.12. The van der Waals surface area contributed by atoms with Crippen molar-refractivity contribution in [3.05, 3.63) is 6.20 Å². The minimum atomic E-state index is -3.61. The Morgan fingerprint density at radius 1 is 1.60 bits per heavy atom. The molecular weight excluding hydrogens is 234 g/mol. The van der Waals surface area contributed by atoms with E-state index >= 15 is 0 Å². The summed E-state index contributed by atoms with van der Waals surface area (Å²) in [7, 11) is -3.61. The molecule has 1 aromatic rings. The van der Waals surface area contributed by atoms with Gasteiger partial charge in [-0.3, -0.25) is 0 Å². The number of hydrogen-bond donors (Lipinski definition) is 2. The number of primary sulfonamides is 1. The van der Waals surface area contributed by atoms with Gasteiger partial charge in [0.2, 0.25) is 10.0 Å². The Balaban J connectivity index is 2.54. The zero-order chi connectivity index (χ0) is 11.5. The molecule has 0 aliphatic heterocycles. The maximum atomic E-state index is 10.9. The van der Waals surface area contributed by atoms with Crippen LogP contribution in [0.15, 0.2) is 10.4 Å². The second kappa shape index (κ2) is 4.91. The van der Waals surface area contributed by atoms with Crippen molar-refractivity contribution in [2.24, 2.45) is 11.1 Å². The van der Waals surface area contributed by atoms with Crippen molar-refractivity contribution >= 4 is 26.5 Å². The second-order valence-electron chi connectivity index (χ2n) is 3.64. The van der Waals surface area contributed by atoms with E-state index in [4.69, 9.17) is 5.14 Å². The van der Waals surface area contributed by atoms with E-state index in [0.717, 1.165) is 24.3 Å². The molecule has 1 heterocycles. The normalized spacial score (nSPS) is 12.0. The molecule has 0 atom stereocenters. The van der Waals surface area contributed by atoms with Gasteiger partial charge in [-0.2, -0.15) is 0 Å². The molecule has 5 nitrogen and oxygen atoms in total. The van der Waals surface area contributed by atoms with E-state index in [-0.39, 0.29) is 4.21 Å². The van der Waals surface area contributed by atoms with Crippen LogP contribution in [0.2, 0.25) is 0 Å². The molecule has 0 aliphatic carbocycles. The molecule has 0 saturated heterocycles. The number of rotatable bonds is 5. The lowest BCUT2D eigenvalue weighted by Crippen LogP contribution is -2.09. The Bertz CT molecular complexity index is 411. The van der Waals surface area contributed by atoms with Gasteiger partial charge in [-0.1, -0.05) is 25.2 Å². The molecule has 1 rings (SSSR count). The summed E-state index contributed by atoms with van der Waals surface area (Å²) in [5.41, 5.74) is 0. The van der Waals surface area contributed by atoms with Gasteiger partial charge in [0.15, 0.2) is 9.34 Å². The Morgan fingerprint density at radius 2 is 2.27 bits per heavy atom. The first-order chi connectivity index (χ1) is 6.89. The van der Waals surface area contributed by atoms with Gasteiger partial charge < -0.3 is 5.32 Å². The predicted octanol–water partition coefficient (Wildman–Crippen LogP) is 1.25. The van der Waals surface area contributed by atoms with Crippen molar-refractivity contribution < 1.29 is 8.42 Å². The summed E-state index contributed by atoms with van der Waals surface area (Å²) in [5, 5.41) is 8.61. The van der Waals surface area contributed by atoms with E-state index in [2.05, 4.69) is 24.1 Å². The van der Waals surface area contributed by atoms with Crippen LogP contribution in [0.25, 0.3) is 0 Å². The van der Waals surface area contributed by atoms with Crippen LogP contribution in [0.3, 0.4) is 0 Å². The van der Waals surface area contributed by atoms with E-state index in [9.17, 15) is 8.42 Å². The number of aromatic nitrogens is 1. The lowest BCUT2D eigenvalue weighted by molar-refractivity contribution is 0.599. The Hall–Kier alpha value is -0.660. The largest absolute Gasteiger partial charge is 0.361 e. The van der Waals surface area contributed by atoms with Crippen LogP contribution in [-0.4, -0.2) is 19.9 Å². The zero-order valence-corrected chi connectivity index (χ0v) is 10.4. The van der Waals surface area contributed by atoms with Crippen LogP contribution in [0.5, 0.6) is 0 Å². The van der Waals surface area contributed by atoms with Crippen molar-refractivity contribution in [1.82, 2.24) is 4.98 Å². The minimum absolute atomic E-state index is 0.0922. The van der Waals surface area contributed by atoms with E-state index < -0.39 is 10.0 Å². The molecule has 7 heteroatoms. The molecule has 1 aromatic heterocycles. The van der Waals surface area contributed by atoms with Gasteiger partial charge in [-0.15, -0.1) is 0 Å². The van der Waals surface area contributed by atoms with E-state index in [1.165, 1.54) is 6.20 Å². The van der Waals surface area contributed by atoms with Gasteiger partial charge in [0.05, 0.1) is 6.20 Å². The summed E-state index contributed by atoms with van der Waals surface area (Å²) >= 11 is 1.06. The lowest BCUT2D eigenvalue weighted by atomic mass is 10.1. The van der Waals surface area contributed by atoms with Crippen LogP contribution >= 0.6 is 11.3 Å².